The van der Waals surface area contributed by atoms with Crippen molar-refractivity contribution >= 4 is 5.69 Å². The van der Waals surface area contributed by atoms with Gasteiger partial charge in [-0.25, -0.2) is 0 Å². The molecule has 2 nitrogen and oxygen atoms in total. The Labute approximate surface area is 78.9 Å². The zero-order valence-electron chi connectivity index (χ0n) is 7.83. The molecular weight excluding hydrogens is 162 g/mol. The van der Waals surface area contributed by atoms with Gasteiger partial charge in [-0.1, -0.05) is 24.3 Å². The van der Waals surface area contributed by atoms with Crippen molar-refractivity contribution in [1.82, 2.24) is 0 Å². The Balaban J connectivity index is 2.54. The van der Waals surface area contributed by atoms with E-state index in [1.54, 1.807) is 0 Å². The van der Waals surface area contributed by atoms with E-state index in [1.807, 2.05) is 31.2 Å². The fraction of sp³-hybridized carbons (Fsp3) is 0.273. The fourth-order valence-corrected chi connectivity index (χ4v) is 1.07. The van der Waals surface area contributed by atoms with Gasteiger partial charge in [-0.15, -0.1) is 6.58 Å². The predicted octanol–water partition coefficient (Wildman–Crippen LogP) is 1.95. The summed E-state index contributed by atoms with van der Waals surface area (Å²) in [6.45, 7) is 6.04. The number of para-hydroxylation sites is 1. The molecule has 2 heteroatoms. The Hall–Kier alpha value is -1.28. The van der Waals surface area contributed by atoms with E-state index in [0.29, 0.717) is 6.54 Å². The number of anilines is 1. The molecule has 0 aliphatic rings. The van der Waals surface area contributed by atoms with Crippen LogP contribution in [0.4, 0.5) is 5.69 Å². The van der Waals surface area contributed by atoms with Gasteiger partial charge < -0.3 is 10.4 Å². The number of rotatable bonds is 4. The molecule has 0 bridgehead atoms. The van der Waals surface area contributed by atoms with Crippen LogP contribution in [-0.2, 0) is 0 Å². The quantitative estimate of drug-likeness (QED) is 0.689. The lowest BCUT2D eigenvalue weighted by atomic mass is 10.2. The Bertz CT molecular complexity index is 283. The van der Waals surface area contributed by atoms with Crippen LogP contribution in [0.5, 0.6) is 0 Å². The van der Waals surface area contributed by atoms with Crippen LogP contribution in [0.15, 0.2) is 36.9 Å². The first-order valence-electron chi connectivity index (χ1n) is 4.34. The molecule has 1 aromatic carbocycles. The number of hydrogen-bond donors (Lipinski definition) is 2. The van der Waals surface area contributed by atoms with Crippen molar-refractivity contribution in [2.45, 2.75) is 13.0 Å². The minimum atomic E-state index is -0.486. The van der Waals surface area contributed by atoms with Gasteiger partial charge in [0.2, 0.25) is 0 Å². The molecule has 1 atom stereocenters. The number of hydrogen-bond acceptors (Lipinski definition) is 2. The molecule has 0 radical (unpaired) electrons. The summed E-state index contributed by atoms with van der Waals surface area (Å²) in [5.74, 6) is 0. The van der Waals surface area contributed by atoms with Gasteiger partial charge in [0.25, 0.3) is 0 Å². The molecule has 0 aromatic heterocycles. The maximum Gasteiger partial charge on any atom is 0.0890 e. The van der Waals surface area contributed by atoms with Crippen molar-refractivity contribution in [2.75, 3.05) is 11.9 Å². The first kappa shape index (κ1) is 9.81. The molecule has 1 aromatic rings. The molecular formula is C11H15NO. The van der Waals surface area contributed by atoms with Crippen LogP contribution >= 0.6 is 0 Å². The summed E-state index contributed by atoms with van der Waals surface area (Å²) >= 11 is 0. The van der Waals surface area contributed by atoms with Gasteiger partial charge in [-0.3, -0.25) is 0 Å². The second-order valence-corrected chi connectivity index (χ2v) is 3.00. The molecule has 0 spiro atoms. The van der Waals surface area contributed by atoms with Crippen LogP contribution in [0.1, 0.15) is 5.56 Å². The lowest BCUT2D eigenvalue weighted by molar-refractivity contribution is 0.237. The smallest absolute Gasteiger partial charge is 0.0890 e. The molecule has 70 valence electrons. The number of aliphatic hydroxyl groups excluding tert-OH is 1. The Morgan fingerprint density at radius 3 is 2.85 bits per heavy atom. The van der Waals surface area contributed by atoms with E-state index in [4.69, 9.17) is 0 Å². The maximum atomic E-state index is 9.23. The van der Waals surface area contributed by atoms with E-state index >= 15 is 0 Å². The molecule has 0 heterocycles. The zero-order chi connectivity index (χ0) is 9.68. The minimum Gasteiger partial charge on any atom is -0.387 e. The summed E-state index contributed by atoms with van der Waals surface area (Å²) in [4.78, 5) is 0. The van der Waals surface area contributed by atoms with E-state index in [1.165, 1.54) is 11.6 Å². The fourth-order valence-electron chi connectivity index (χ4n) is 1.07. The van der Waals surface area contributed by atoms with Crippen molar-refractivity contribution in [3.05, 3.63) is 42.5 Å². The molecule has 0 saturated heterocycles. The highest BCUT2D eigenvalue weighted by Crippen LogP contribution is 2.12. The van der Waals surface area contributed by atoms with Crippen molar-refractivity contribution in [3.8, 4) is 0 Å². The van der Waals surface area contributed by atoms with Crippen LogP contribution in [0.25, 0.3) is 0 Å². The molecule has 0 fully saturated rings. The summed E-state index contributed by atoms with van der Waals surface area (Å²) in [7, 11) is 0. The van der Waals surface area contributed by atoms with Gasteiger partial charge in [0.05, 0.1) is 6.10 Å². The predicted molar refractivity (Wildman–Crippen MR) is 55.9 cm³/mol. The number of aliphatic hydroxyl groups is 1. The third kappa shape index (κ3) is 2.92. The van der Waals surface area contributed by atoms with E-state index in [2.05, 4.69) is 11.9 Å². The van der Waals surface area contributed by atoms with Gasteiger partial charge in [0.1, 0.15) is 0 Å². The van der Waals surface area contributed by atoms with Gasteiger partial charge in [-0.05, 0) is 18.6 Å². The average Bonchev–Trinajstić information content (AvgIpc) is 2.16. The number of benzene rings is 1. The Morgan fingerprint density at radius 1 is 1.54 bits per heavy atom. The highest BCUT2D eigenvalue weighted by atomic mass is 16.3. The second kappa shape index (κ2) is 4.67. The number of nitrogens with one attached hydrogen (secondary N) is 1. The van der Waals surface area contributed by atoms with E-state index in [-0.39, 0.29) is 0 Å². The largest absolute Gasteiger partial charge is 0.387 e. The maximum absolute atomic E-state index is 9.23. The molecule has 0 aliphatic carbocycles. The lowest BCUT2D eigenvalue weighted by Gasteiger charge is -2.10. The Kier molecular flexibility index (Phi) is 3.53. The summed E-state index contributed by atoms with van der Waals surface area (Å²) in [6, 6.07) is 7.98. The summed E-state index contributed by atoms with van der Waals surface area (Å²) < 4.78 is 0. The van der Waals surface area contributed by atoms with E-state index < -0.39 is 6.10 Å². The van der Waals surface area contributed by atoms with Crippen LogP contribution in [0.2, 0.25) is 0 Å². The minimum absolute atomic E-state index is 0.486. The molecule has 1 rings (SSSR count). The monoisotopic (exact) mass is 177 g/mol. The topological polar surface area (TPSA) is 32.3 Å². The van der Waals surface area contributed by atoms with Crippen LogP contribution in [0.3, 0.4) is 0 Å². The van der Waals surface area contributed by atoms with Crippen molar-refractivity contribution in [3.63, 3.8) is 0 Å². The number of aryl methyl sites for hydroxylation is 1. The van der Waals surface area contributed by atoms with E-state index in [0.717, 1.165) is 5.69 Å². The highest BCUT2D eigenvalue weighted by Gasteiger charge is 1.99. The van der Waals surface area contributed by atoms with Crippen LogP contribution in [0, 0.1) is 6.92 Å². The second-order valence-electron chi connectivity index (χ2n) is 3.00. The zero-order valence-corrected chi connectivity index (χ0v) is 7.83. The first-order chi connectivity index (χ1) is 6.24. The third-order valence-corrected chi connectivity index (χ3v) is 1.92. The van der Waals surface area contributed by atoms with Gasteiger partial charge in [0.15, 0.2) is 0 Å². The third-order valence-electron chi connectivity index (χ3n) is 1.92. The van der Waals surface area contributed by atoms with Crippen molar-refractivity contribution in [1.29, 1.82) is 0 Å². The van der Waals surface area contributed by atoms with Crippen molar-refractivity contribution < 1.29 is 5.11 Å². The van der Waals surface area contributed by atoms with Crippen LogP contribution < -0.4 is 5.32 Å². The molecule has 13 heavy (non-hydrogen) atoms. The van der Waals surface area contributed by atoms with Gasteiger partial charge in [-0.2, -0.15) is 0 Å². The van der Waals surface area contributed by atoms with Gasteiger partial charge >= 0.3 is 0 Å². The van der Waals surface area contributed by atoms with E-state index in [9.17, 15) is 5.11 Å². The molecule has 1 unspecified atom stereocenters. The van der Waals surface area contributed by atoms with Crippen molar-refractivity contribution in [2.24, 2.45) is 0 Å². The molecule has 0 saturated carbocycles. The molecule has 0 amide bonds. The normalized spacial score (nSPS) is 12.2. The highest BCUT2D eigenvalue weighted by molar-refractivity contribution is 5.50. The molecule has 2 N–H and O–H groups in total. The standard InChI is InChI=1S/C11H15NO/c1-3-10(13)8-12-11-7-5-4-6-9(11)2/h3-7,10,12-13H,1,8H2,2H3. The summed E-state index contributed by atoms with van der Waals surface area (Å²) in [6.07, 6.45) is 1.03. The summed E-state index contributed by atoms with van der Waals surface area (Å²) in [5.41, 5.74) is 2.24. The molecule has 0 aliphatic heterocycles. The Morgan fingerprint density at radius 2 is 2.23 bits per heavy atom. The van der Waals surface area contributed by atoms with Gasteiger partial charge in [0, 0.05) is 12.2 Å². The first-order valence-corrected chi connectivity index (χ1v) is 4.34. The SMILES string of the molecule is C=CC(O)CNc1ccccc1C. The summed E-state index contributed by atoms with van der Waals surface area (Å²) in [5, 5.41) is 12.4. The van der Waals surface area contributed by atoms with Crippen LogP contribution in [-0.4, -0.2) is 17.8 Å². The average molecular weight is 177 g/mol. The lowest BCUT2D eigenvalue weighted by Crippen LogP contribution is -2.16.